The summed E-state index contributed by atoms with van der Waals surface area (Å²) in [7, 11) is 0. The van der Waals surface area contributed by atoms with Gasteiger partial charge >= 0.3 is 0 Å². The Kier molecular flexibility index (Phi) is 3.33. The van der Waals surface area contributed by atoms with Crippen LogP contribution in [0.5, 0.6) is 0 Å². The van der Waals surface area contributed by atoms with Crippen molar-refractivity contribution in [2.24, 2.45) is 0 Å². The Morgan fingerprint density at radius 1 is 1.35 bits per heavy atom. The first-order valence-electron chi connectivity index (χ1n) is 6.28. The Morgan fingerprint density at radius 3 is 2.41 bits per heavy atom. The summed E-state index contributed by atoms with van der Waals surface area (Å²) >= 11 is 0. The molecule has 0 unspecified atom stereocenters. The predicted molar refractivity (Wildman–Crippen MR) is 68.2 cm³/mol. The van der Waals surface area contributed by atoms with E-state index >= 15 is 0 Å². The summed E-state index contributed by atoms with van der Waals surface area (Å²) in [6.45, 7) is 7.94. The minimum Gasteiger partial charge on any atom is -0.389 e. The molecule has 1 fully saturated rings. The maximum Gasteiger partial charge on any atom is 0.225 e. The fourth-order valence-corrected chi connectivity index (χ4v) is 2.22. The topological polar surface area (TPSA) is 49.2 Å². The number of aliphatic hydroxyl groups is 1. The van der Waals surface area contributed by atoms with Gasteiger partial charge in [0.25, 0.3) is 0 Å². The summed E-state index contributed by atoms with van der Waals surface area (Å²) in [5, 5.41) is 9.24. The van der Waals surface area contributed by atoms with E-state index in [0.717, 1.165) is 18.8 Å². The van der Waals surface area contributed by atoms with Crippen molar-refractivity contribution in [3.05, 3.63) is 18.0 Å². The first-order valence-corrected chi connectivity index (χ1v) is 6.28. The molecule has 0 saturated carbocycles. The van der Waals surface area contributed by atoms with Gasteiger partial charge in [0.15, 0.2) is 0 Å². The van der Waals surface area contributed by atoms with Crippen molar-refractivity contribution in [1.82, 2.24) is 9.97 Å². The lowest BCUT2D eigenvalue weighted by atomic mass is 9.82. The molecule has 17 heavy (non-hydrogen) atoms. The van der Waals surface area contributed by atoms with E-state index in [1.807, 2.05) is 17.3 Å². The predicted octanol–water partition coefficient (Wildman–Crippen LogP) is 1.74. The van der Waals surface area contributed by atoms with E-state index in [2.05, 4.69) is 30.7 Å². The number of hydrogen-bond donors (Lipinski definition) is 1. The lowest BCUT2D eigenvalue weighted by molar-refractivity contribution is 0.140. The lowest BCUT2D eigenvalue weighted by Crippen LogP contribution is -2.51. The van der Waals surface area contributed by atoms with Crippen molar-refractivity contribution in [3.63, 3.8) is 0 Å². The molecule has 0 atom stereocenters. The third kappa shape index (κ3) is 2.57. The molecule has 4 nitrogen and oxygen atoms in total. The molecule has 4 heteroatoms. The van der Waals surface area contributed by atoms with Crippen LogP contribution in [0.2, 0.25) is 0 Å². The number of β-amino-alcohol motifs (C(OH)–C–C–N with tert-alkyl or cyclic N) is 1. The molecule has 0 spiro atoms. The molecule has 0 radical (unpaired) electrons. The minimum atomic E-state index is -0.213. The number of hydrogen-bond acceptors (Lipinski definition) is 4. The maximum atomic E-state index is 9.24. The first-order chi connectivity index (χ1) is 8.03. The van der Waals surface area contributed by atoms with Crippen molar-refractivity contribution in [2.75, 3.05) is 18.0 Å². The highest BCUT2D eigenvalue weighted by molar-refractivity contribution is 5.35. The normalized spacial score (nSPS) is 17.1. The number of aliphatic hydroxyl groups excluding tert-OH is 1. The van der Waals surface area contributed by atoms with Gasteiger partial charge in [-0.05, 0) is 17.4 Å². The smallest absolute Gasteiger partial charge is 0.225 e. The zero-order valence-electron chi connectivity index (χ0n) is 10.8. The van der Waals surface area contributed by atoms with Gasteiger partial charge in [-0.2, -0.15) is 0 Å². The van der Waals surface area contributed by atoms with E-state index in [-0.39, 0.29) is 11.5 Å². The van der Waals surface area contributed by atoms with Crippen LogP contribution in [0.25, 0.3) is 0 Å². The van der Waals surface area contributed by atoms with Gasteiger partial charge in [-0.1, -0.05) is 27.2 Å². The monoisotopic (exact) mass is 235 g/mol. The van der Waals surface area contributed by atoms with Crippen LogP contribution in [-0.2, 0) is 5.41 Å². The molecule has 0 aromatic carbocycles. The quantitative estimate of drug-likeness (QED) is 0.863. The molecule has 2 heterocycles. The summed E-state index contributed by atoms with van der Waals surface area (Å²) in [6, 6.07) is 0. The summed E-state index contributed by atoms with van der Waals surface area (Å²) in [6.07, 6.45) is 5.92. The molecule has 1 aromatic rings. The fraction of sp³-hybridized carbons (Fsp3) is 0.692. The van der Waals surface area contributed by atoms with Gasteiger partial charge in [0.1, 0.15) is 0 Å². The zero-order chi connectivity index (χ0) is 12.5. The Hall–Kier alpha value is -1.16. The Labute approximate surface area is 103 Å². The second kappa shape index (κ2) is 4.61. The van der Waals surface area contributed by atoms with E-state index in [9.17, 15) is 5.11 Å². The number of nitrogens with zero attached hydrogens (tertiary/aromatic N) is 3. The highest BCUT2D eigenvalue weighted by atomic mass is 16.3. The minimum absolute atomic E-state index is 0.141. The Morgan fingerprint density at radius 2 is 1.94 bits per heavy atom. The van der Waals surface area contributed by atoms with E-state index in [1.165, 1.54) is 5.56 Å². The molecule has 0 aliphatic carbocycles. The van der Waals surface area contributed by atoms with E-state index in [4.69, 9.17) is 0 Å². The molecule has 0 bridgehead atoms. The van der Waals surface area contributed by atoms with Crippen molar-refractivity contribution in [3.8, 4) is 0 Å². The van der Waals surface area contributed by atoms with Gasteiger partial charge in [0.2, 0.25) is 5.95 Å². The van der Waals surface area contributed by atoms with Crippen LogP contribution in [0.3, 0.4) is 0 Å². The van der Waals surface area contributed by atoms with Crippen LogP contribution in [0, 0.1) is 0 Å². The number of aromatic nitrogens is 2. The summed E-state index contributed by atoms with van der Waals surface area (Å²) in [4.78, 5) is 10.8. The summed E-state index contributed by atoms with van der Waals surface area (Å²) < 4.78 is 0. The highest BCUT2D eigenvalue weighted by Crippen LogP contribution is 2.28. The number of anilines is 1. The molecular formula is C13H21N3O. The fourth-order valence-electron chi connectivity index (χ4n) is 2.22. The van der Waals surface area contributed by atoms with Crippen LogP contribution in [0.1, 0.15) is 39.2 Å². The Balaban J connectivity index is 2.07. The summed E-state index contributed by atoms with van der Waals surface area (Å²) in [5.41, 5.74) is 1.33. The average Bonchev–Trinajstić information content (AvgIpc) is 2.25. The van der Waals surface area contributed by atoms with Gasteiger partial charge < -0.3 is 10.0 Å². The summed E-state index contributed by atoms with van der Waals surface area (Å²) in [5.74, 6) is 0.728. The third-order valence-corrected chi connectivity index (χ3v) is 3.44. The SMILES string of the molecule is CCCC(C)(C)c1cnc(N2CC(O)C2)nc1. The lowest BCUT2D eigenvalue weighted by Gasteiger charge is -2.36. The maximum absolute atomic E-state index is 9.24. The van der Waals surface area contributed by atoms with Gasteiger partial charge in [-0.15, -0.1) is 0 Å². The second-order valence-electron chi connectivity index (χ2n) is 5.46. The van der Waals surface area contributed by atoms with E-state index in [1.54, 1.807) is 0 Å². The molecule has 1 aliphatic rings. The molecule has 0 amide bonds. The van der Waals surface area contributed by atoms with Crippen molar-refractivity contribution >= 4 is 5.95 Å². The molecule has 1 saturated heterocycles. The molecule has 1 aliphatic heterocycles. The van der Waals surface area contributed by atoms with Gasteiger partial charge in [0, 0.05) is 25.5 Å². The van der Waals surface area contributed by atoms with Crippen molar-refractivity contribution in [2.45, 2.75) is 45.1 Å². The van der Waals surface area contributed by atoms with Crippen LogP contribution < -0.4 is 4.90 Å². The van der Waals surface area contributed by atoms with Crippen LogP contribution in [0.4, 0.5) is 5.95 Å². The van der Waals surface area contributed by atoms with Gasteiger partial charge in [0.05, 0.1) is 6.10 Å². The average molecular weight is 235 g/mol. The highest BCUT2D eigenvalue weighted by Gasteiger charge is 2.27. The van der Waals surface area contributed by atoms with Gasteiger partial charge in [-0.3, -0.25) is 0 Å². The number of rotatable bonds is 4. The first kappa shape index (κ1) is 12.3. The van der Waals surface area contributed by atoms with Gasteiger partial charge in [-0.25, -0.2) is 9.97 Å². The molecule has 1 aromatic heterocycles. The van der Waals surface area contributed by atoms with E-state index < -0.39 is 0 Å². The second-order valence-corrected chi connectivity index (χ2v) is 5.46. The van der Waals surface area contributed by atoms with Crippen LogP contribution in [0.15, 0.2) is 12.4 Å². The largest absolute Gasteiger partial charge is 0.389 e. The molecule has 1 N–H and O–H groups in total. The van der Waals surface area contributed by atoms with Crippen molar-refractivity contribution < 1.29 is 5.11 Å². The Bertz CT molecular complexity index is 369. The third-order valence-electron chi connectivity index (χ3n) is 3.44. The van der Waals surface area contributed by atoms with E-state index in [0.29, 0.717) is 13.1 Å². The molecular weight excluding hydrogens is 214 g/mol. The zero-order valence-corrected chi connectivity index (χ0v) is 10.8. The standard InChI is InChI=1S/C13H21N3O/c1-4-5-13(2,3)10-6-14-12(15-7-10)16-8-11(17)9-16/h6-7,11,17H,4-5,8-9H2,1-3H3. The molecule has 94 valence electrons. The molecule has 2 rings (SSSR count). The van der Waals surface area contributed by atoms with Crippen molar-refractivity contribution in [1.29, 1.82) is 0 Å². The van der Waals surface area contributed by atoms with Crippen LogP contribution >= 0.6 is 0 Å². The van der Waals surface area contributed by atoms with Crippen LogP contribution in [-0.4, -0.2) is 34.3 Å².